The third kappa shape index (κ3) is 2.26. The van der Waals surface area contributed by atoms with Gasteiger partial charge in [-0.15, -0.1) is 0 Å². The Hall–Kier alpha value is -1.73. The van der Waals surface area contributed by atoms with Crippen LogP contribution < -0.4 is 0 Å². The fraction of sp³-hybridized carbons (Fsp3) is 0. The van der Waals surface area contributed by atoms with E-state index in [2.05, 4.69) is 0 Å². The zero-order chi connectivity index (χ0) is 11.4. The van der Waals surface area contributed by atoms with Crippen molar-refractivity contribution in [2.45, 2.75) is 0 Å². The normalized spacial score (nSPS) is 9.81. The summed E-state index contributed by atoms with van der Waals surface area (Å²) in [7, 11) is 0. The maximum atomic E-state index is 9.56. The van der Waals surface area contributed by atoms with Crippen LogP contribution in [0, 0.1) is 0 Å². The average Bonchev–Trinajstić information content (AvgIpc) is 2.31. The molecule has 0 saturated heterocycles. The molecular formula is C14H11ClO. The summed E-state index contributed by atoms with van der Waals surface area (Å²) in [5, 5.41) is 9.38. The van der Waals surface area contributed by atoms with Crippen molar-refractivity contribution in [3.05, 3.63) is 77.0 Å². The first-order valence-corrected chi connectivity index (χ1v) is 5.36. The number of halogens is 1. The number of aliphatic hydroxyl groups is 1. The SMILES string of the molecule is OC(Cl)=C(c1ccccc1)c1ccccc1. The van der Waals surface area contributed by atoms with E-state index in [0.29, 0.717) is 5.57 Å². The minimum atomic E-state index is -0.183. The van der Waals surface area contributed by atoms with E-state index in [1.807, 2.05) is 60.7 Å². The first-order chi connectivity index (χ1) is 7.79. The van der Waals surface area contributed by atoms with Gasteiger partial charge in [0.25, 0.3) is 0 Å². The second kappa shape index (κ2) is 4.86. The molecule has 2 heteroatoms. The Kier molecular flexibility index (Phi) is 3.28. The standard InChI is InChI=1S/C14H11ClO/c15-14(16)13(11-7-3-1-4-8-11)12-9-5-2-6-10-12/h1-10,16H. The van der Waals surface area contributed by atoms with Crippen molar-refractivity contribution in [1.29, 1.82) is 0 Å². The Balaban J connectivity index is 2.54. The molecule has 2 rings (SSSR count). The van der Waals surface area contributed by atoms with Gasteiger partial charge in [0.2, 0.25) is 0 Å². The molecule has 0 unspecified atom stereocenters. The molecule has 0 heterocycles. The lowest BCUT2D eigenvalue weighted by Crippen LogP contribution is -1.90. The number of hydrogen-bond donors (Lipinski definition) is 1. The van der Waals surface area contributed by atoms with Crippen LogP contribution in [0.4, 0.5) is 0 Å². The molecular weight excluding hydrogens is 220 g/mol. The van der Waals surface area contributed by atoms with Gasteiger partial charge in [0.05, 0.1) is 0 Å². The number of benzene rings is 2. The summed E-state index contributed by atoms with van der Waals surface area (Å²) in [6, 6.07) is 19.2. The third-order valence-corrected chi connectivity index (χ3v) is 2.52. The van der Waals surface area contributed by atoms with Crippen molar-refractivity contribution >= 4 is 17.2 Å². The maximum absolute atomic E-state index is 9.56. The van der Waals surface area contributed by atoms with Gasteiger partial charge >= 0.3 is 0 Å². The lowest BCUT2D eigenvalue weighted by atomic mass is 9.99. The predicted molar refractivity (Wildman–Crippen MR) is 67.4 cm³/mol. The van der Waals surface area contributed by atoms with Gasteiger partial charge in [0.15, 0.2) is 5.22 Å². The minimum Gasteiger partial charge on any atom is -0.498 e. The van der Waals surface area contributed by atoms with Crippen molar-refractivity contribution in [3.63, 3.8) is 0 Å². The number of rotatable bonds is 2. The number of hydrogen-bond acceptors (Lipinski definition) is 1. The fourth-order valence-corrected chi connectivity index (χ4v) is 1.83. The van der Waals surface area contributed by atoms with Crippen molar-refractivity contribution < 1.29 is 5.11 Å². The Bertz CT molecular complexity index is 443. The first kappa shape index (κ1) is 10.8. The van der Waals surface area contributed by atoms with Crippen LogP contribution in [0.5, 0.6) is 0 Å². The monoisotopic (exact) mass is 230 g/mol. The first-order valence-electron chi connectivity index (χ1n) is 4.98. The largest absolute Gasteiger partial charge is 0.498 e. The molecule has 0 aliphatic heterocycles. The topological polar surface area (TPSA) is 20.2 Å². The van der Waals surface area contributed by atoms with Crippen molar-refractivity contribution in [3.8, 4) is 0 Å². The van der Waals surface area contributed by atoms with Gasteiger partial charge in [0.1, 0.15) is 0 Å². The summed E-state index contributed by atoms with van der Waals surface area (Å²) >= 11 is 5.75. The van der Waals surface area contributed by atoms with Crippen LogP contribution in [0.2, 0.25) is 0 Å². The highest BCUT2D eigenvalue weighted by molar-refractivity contribution is 6.31. The molecule has 0 radical (unpaired) electrons. The van der Waals surface area contributed by atoms with Crippen LogP contribution in [0.3, 0.4) is 0 Å². The molecule has 0 fully saturated rings. The summed E-state index contributed by atoms with van der Waals surface area (Å²) in [5.74, 6) is 0. The average molecular weight is 231 g/mol. The van der Waals surface area contributed by atoms with E-state index in [9.17, 15) is 5.11 Å². The summed E-state index contributed by atoms with van der Waals surface area (Å²) in [6.07, 6.45) is 0. The zero-order valence-corrected chi connectivity index (χ0v) is 9.35. The summed E-state index contributed by atoms with van der Waals surface area (Å²) in [6.45, 7) is 0. The Morgan fingerprint density at radius 2 is 1.12 bits per heavy atom. The molecule has 0 atom stereocenters. The highest BCUT2D eigenvalue weighted by Crippen LogP contribution is 2.27. The van der Waals surface area contributed by atoms with E-state index in [0.717, 1.165) is 11.1 Å². The smallest absolute Gasteiger partial charge is 0.193 e. The van der Waals surface area contributed by atoms with E-state index in [1.54, 1.807) is 0 Å². The van der Waals surface area contributed by atoms with Gasteiger partial charge in [-0.05, 0) is 22.7 Å². The summed E-state index contributed by atoms with van der Waals surface area (Å²) in [5.41, 5.74) is 2.46. The Morgan fingerprint density at radius 1 is 0.750 bits per heavy atom. The van der Waals surface area contributed by atoms with Crippen LogP contribution in [0.1, 0.15) is 11.1 Å². The van der Waals surface area contributed by atoms with E-state index >= 15 is 0 Å². The highest BCUT2D eigenvalue weighted by atomic mass is 35.5. The molecule has 1 N–H and O–H groups in total. The zero-order valence-electron chi connectivity index (χ0n) is 8.60. The van der Waals surface area contributed by atoms with Crippen LogP contribution in [-0.2, 0) is 0 Å². The molecule has 16 heavy (non-hydrogen) atoms. The highest BCUT2D eigenvalue weighted by Gasteiger charge is 2.08. The van der Waals surface area contributed by atoms with Gasteiger partial charge in [-0.2, -0.15) is 0 Å². The van der Waals surface area contributed by atoms with E-state index in [1.165, 1.54) is 0 Å². The molecule has 0 bridgehead atoms. The van der Waals surface area contributed by atoms with E-state index in [4.69, 9.17) is 11.6 Å². The predicted octanol–water partition coefficient (Wildman–Crippen LogP) is 4.20. The molecule has 80 valence electrons. The molecule has 1 nitrogen and oxygen atoms in total. The Morgan fingerprint density at radius 3 is 1.44 bits per heavy atom. The van der Waals surface area contributed by atoms with Crippen molar-refractivity contribution in [1.82, 2.24) is 0 Å². The van der Waals surface area contributed by atoms with E-state index < -0.39 is 0 Å². The second-order valence-electron chi connectivity index (χ2n) is 3.40. The van der Waals surface area contributed by atoms with Gasteiger partial charge in [-0.3, -0.25) is 0 Å². The third-order valence-electron chi connectivity index (χ3n) is 2.33. The van der Waals surface area contributed by atoms with Gasteiger partial charge in [-0.25, -0.2) is 0 Å². The van der Waals surface area contributed by atoms with E-state index in [-0.39, 0.29) is 5.22 Å². The lowest BCUT2D eigenvalue weighted by molar-refractivity contribution is 0.455. The second-order valence-corrected chi connectivity index (χ2v) is 3.76. The summed E-state index contributed by atoms with van der Waals surface area (Å²) in [4.78, 5) is 0. The molecule has 0 aromatic heterocycles. The van der Waals surface area contributed by atoms with Crippen LogP contribution in [0.15, 0.2) is 65.9 Å². The number of aliphatic hydroxyl groups excluding tert-OH is 1. The van der Waals surface area contributed by atoms with Gasteiger partial charge < -0.3 is 5.11 Å². The molecule has 0 spiro atoms. The van der Waals surface area contributed by atoms with Crippen LogP contribution >= 0.6 is 11.6 Å². The quantitative estimate of drug-likeness (QED) is 0.767. The molecule has 0 aliphatic rings. The maximum Gasteiger partial charge on any atom is 0.193 e. The van der Waals surface area contributed by atoms with Crippen LogP contribution in [-0.4, -0.2) is 5.11 Å². The molecule has 2 aromatic carbocycles. The van der Waals surface area contributed by atoms with Gasteiger partial charge in [0, 0.05) is 5.57 Å². The molecule has 2 aromatic rings. The van der Waals surface area contributed by atoms with Crippen molar-refractivity contribution in [2.24, 2.45) is 0 Å². The lowest BCUT2D eigenvalue weighted by Gasteiger charge is -2.07. The molecule has 0 amide bonds. The Labute approximate surface area is 99.6 Å². The summed E-state index contributed by atoms with van der Waals surface area (Å²) < 4.78 is 0. The molecule has 0 aliphatic carbocycles. The van der Waals surface area contributed by atoms with Gasteiger partial charge in [-0.1, -0.05) is 60.7 Å². The van der Waals surface area contributed by atoms with Crippen LogP contribution in [0.25, 0.3) is 5.57 Å². The minimum absolute atomic E-state index is 0.183. The fourth-order valence-electron chi connectivity index (χ4n) is 1.61. The molecule has 0 saturated carbocycles. The van der Waals surface area contributed by atoms with Crippen molar-refractivity contribution in [2.75, 3.05) is 0 Å².